The van der Waals surface area contributed by atoms with Crippen molar-refractivity contribution in [2.24, 2.45) is 5.73 Å². The molecule has 6 heteroatoms. The maximum absolute atomic E-state index is 11.8. The zero-order valence-electron chi connectivity index (χ0n) is 8.98. The summed E-state index contributed by atoms with van der Waals surface area (Å²) in [5.74, 6) is 3.22. The summed E-state index contributed by atoms with van der Waals surface area (Å²) in [5, 5.41) is 0. The molecule has 0 aromatic carbocycles. The summed E-state index contributed by atoms with van der Waals surface area (Å²) < 4.78 is 0. The Balaban J connectivity index is 0.00000196. The predicted octanol–water partition coefficient (Wildman–Crippen LogP) is 1.06. The number of amides is 1. The summed E-state index contributed by atoms with van der Waals surface area (Å²) >= 11 is 3.65. The maximum atomic E-state index is 11.8. The van der Waals surface area contributed by atoms with Crippen molar-refractivity contribution in [1.29, 1.82) is 0 Å². The standard InChI is InChI=1S/C9H18N2OS2.ClH/c1-13-5-2-8(10)9(12)11-3-6-14-7-4-11;/h8H,2-7,10H2,1H3;1H. The fourth-order valence-corrected chi connectivity index (χ4v) is 2.78. The van der Waals surface area contributed by atoms with Gasteiger partial charge in [-0.2, -0.15) is 23.5 Å². The van der Waals surface area contributed by atoms with Crippen LogP contribution < -0.4 is 5.73 Å². The number of thioether (sulfide) groups is 2. The monoisotopic (exact) mass is 270 g/mol. The number of rotatable bonds is 4. The number of hydrogen-bond donors (Lipinski definition) is 1. The number of hydrogen-bond acceptors (Lipinski definition) is 4. The molecule has 0 aliphatic carbocycles. The van der Waals surface area contributed by atoms with Crippen molar-refractivity contribution in [3.63, 3.8) is 0 Å². The largest absolute Gasteiger partial charge is 0.340 e. The summed E-state index contributed by atoms with van der Waals surface area (Å²) in [6.07, 6.45) is 2.83. The van der Waals surface area contributed by atoms with Crippen molar-refractivity contribution in [3.05, 3.63) is 0 Å². The molecule has 0 saturated carbocycles. The van der Waals surface area contributed by atoms with Crippen LogP contribution in [0.1, 0.15) is 6.42 Å². The van der Waals surface area contributed by atoms with Crippen LogP contribution in [0.4, 0.5) is 0 Å². The zero-order chi connectivity index (χ0) is 10.4. The molecule has 1 unspecified atom stereocenters. The van der Waals surface area contributed by atoms with Crippen molar-refractivity contribution < 1.29 is 4.79 Å². The third-order valence-electron chi connectivity index (χ3n) is 2.27. The first-order valence-electron chi connectivity index (χ1n) is 4.86. The number of nitrogens with zero attached hydrogens (tertiary/aromatic N) is 1. The maximum Gasteiger partial charge on any atom is 0.239 e. The van der Waals surface area contributed by atoms with Crippen LogP contribution in [-0.4, -0.2) is 53.5 Å². The lowest BCUT2D eigenvalue weighted by molar-refractivity contribution is -0.132. The molecule has 90 valence electrons. The quantitative estimate of drug-likeness (QED) is 0.830. The first-order chi connectivity index (χ1) is 6.75. The SMILES string of the molecule is CSCCC(N)C(=O)N1CCSCC1.Cl. The van der Waals surface area contributed by atoms with Gasteiger partial charge in [-0.25, -0.2) is 0 Å². The van der Waals surface area contributed by atoms with Crippen LogP contribution in [0, 0.1) is 0 Å². The Morgan fingerprint density at radius 2 is 2.13 bits per heavy atom. The molecule has 1 rings (SSSR count). The van der Waals surface area contributed by atoms with Crippen LogP contribution >= 0.6 is 35.9 Å². The van der Waals surface area contributed by atoms with Gasteiger partial charge in [0.05, 0.1) is 6.04 Å². The average molecular weight is 271 g/mol. The van der Waals surface area contributed by atoms with Crippen molar-refractivity contribution in [1.82, 2.24) is 4.90 Å². The van der Waals surface area contributed by atoms with E-state index < -0.39 is 0 Å². The number of nitrogens with two attached hydrogens (primary N) is 1. The van der Waals surface area contributed by atoms with Gasteiger partial charge >= 0.3 is 0 Å². The highest BCUT2D eigenvalue weighted by molar-refractivity contribution is 7.99. The van der Waals surface area contributed by atoms with Crippen LogP contribution in [0.2, 0.25) is 0 Å². The Labute approximate surface area is 106 Å². The molecule has 0 spiro atoms. The van der Waals surface area contributed by atoms with Crippen molar-refractivity contribution in [2.45, 2.75) is 12.5 Å². The van der Waals surface area contributed by atoms with E-state index in [4.69, 9.17) is 5.73 Å². The van der Waals surface area contributed by atoms with Crippen LogP contribution in [-0.2, 0) is 4.79 Å². The Morgan fingerprint density at radius 1 is 1.53 bits per heavy atom. The molecule has 0 radical (unpaired) electrons. The molecule has 3 nitrogen and oxygen atoms in total. The zero-order valence-corrected chi connectivity index (χ0v) is 11.4. The molecule has 1 aliphatic heterocycles. The van der Waals surface area contributed by atoms with E-state index in [9.17, 15) is 4.79 Å². The highest BCUT2D eigenvalue weighted by Gasteiger charge is 2.21. The van der Waals surface area contributed by atoms with Crippen molar-refractivity contribution in [2.75, 3.05) is 36.6 Å². The normalized spacial score (nSPS) is 18.1. The van der Waals surface area contributed by atoms with Crippen LogP contribution in [0.15, 0.2) is 0 Å². The van der Waals surface area contributed by atoms with Gasteiger partial charge in [-0.1, -0.05) is 0 Å². The van der Waals surface area contributed by atoms with Gasteiger partial charge in [-0.15, -0.1) is 12.4 Å². The van der Waals surface area contributed by atoms with Gasteiger partial charge in [0.1, 0.15) is 0 Å². The fraction of sp³-hybridized carbons (Fsp3) is 0.889. The van der Waals surface area contributed by atoms with Crippen LogP contribution in [0.25, 0.3) is 0 Å². The Kier molecular flexibility index (Phi) is 8.80. The van der Waals surface area contributed by atoms with Crippen LogP contribution in [0.5, 0.6) is 0 Å². The molecular weight excluding hydrogens is 252 g/mol. The molecular formula is C9H19ClN2OS2. The van der Waals surface area contributed by atoms with Gasteiger partial charge in [-0.05, 0) is 18.4 Å². The Morgan fingerprint density at radius 3 is 2.67 bits per heavy atom. The van der Waals surface area contributed by atoms with E-state index in [1.807, 2.05) is 22.9 Å². The molecule has 1 fully saturated rings. The van der Waals surface area contributed by atoms with E-state index in [-0.39, 0.29) is 24.4 Å². The minimum atomic E-state index is -0.287. The summed E-state index contributed by atoms with van der Waals surface area (Å²) in [7, 11) is 0. The van der Waals surface area contributed by atoms with E-state index in [1.165, 1.54) is 0 Å². The molecule has 0 aromatic heterocycles. The third-order valence-corrected chi connectivity index (χ3v) is 3.86. The van der Waals surface area contributed by atoms with E-state index in [1.54, 1.807) is 11.8 Å². The molecule has 1 amide bonds. The lowest BCUT2D eigenvalue weighted by Crippen LogP contribution is -2.47. The lowest BCUT2D eigenvalue weighted by atomic mass is 10.2. The van der Waals surface area contributed by atoms with E-state index in [2.05, 4.69) is 0 Å². The molecule has 2 N–H and O–H groups in total. The van der Waals surface area contributed by atoms with Gasteiger partial charge in [0.2, 0.25) is 5.91 Å². The smallest absolute Gasteiger partial charge is 0.239 e. The fourth-order valence-electron chi connectivity index (χ4n) is 1.39. The molecule has 1 atom stereocenters. The second-order valence-corrected chi connectivity index (χ2v) is 5.54. The average Bonchev–Trinajstić information content (AvgIpc) is 2.26. The van der Waals surface area contributed by atoms with Gasteiger partial charge in [0, 0.05) is 24.6 Å². The first-order valence-corrected chi connectivity index (χ1v) is 7.41. The van der Waals surface area contributed by atoms with Crippen molar-refractivity contribution in [3.8, 4) is 0 Å². The van der Waals surface area contributed by atoms with Gasteiger partial charge in [0.25, 0.3) is 0 Å². The highest BCUT2D eigenvalue weighted by Crippen LogP contribution is 2.11. The van der Waals surface area contributed by atoms with Crippen molar-refractivity contribution >= 4 is 41.8 Å². The van der Waals surface area contributed by atoms with Gasteiger partial charge in [0.15, 0.2) is 0 Å². The lowest BCUT2D eigenvalue weighted by Gasteiger charge is -2.28. The van der Waals surface area contributed by atoms with E-state index in [0.717, 1.165) is 36.8 Å². The van der Waals surface area contributed by atoms with E-state index >= 15 is 0 Å². The Bertz CT molecular complexity index is 189. The third kappa shape index (κ3) is 5.33. The predicted molar refractivity (Wildman–Crippen MR) is 72.1 cm³/mol. The van der Waals surface area contributed by atoms with Gasteiger partial charge in [-0.3, -0.25) is 4.79 Å². The summed E-state index contributed by atoms with van der Waals surface area (Å²) in [6, 6.07) is -0.287. The minimum Gasteiger partial charge on any atom is -0.340 e. The number of carbonyl (C=O) groups is 1. The first kappa shape index (κ1) is 15.4. The van der Waals surface area contributed by atoms with E-state index in [0.29, 0.717) is 0 Å². The molecule has 1 heterocycles. The molecule has 15 heavy (non-hydrogen) atoms. The topological polar surface area (TPSA) is 46.3 Å². The molecule has 0 aromatic rings. The summed E-state index contributed by atoms with van der Waals surface area (Å²) in [6.45, 7) is 1.74. The summed E-state index contributed by atoms with van der Waals surface area (Å²) in [4.78, 5) is 13.7. The summed E-state index contributed by atoms with van der Waals surface area (Å²) in [5.41, 5.74) is 5.82. The number of halogens is 1. The second-order valence-electron chi connectivity index (χ2n) is 3.33. The van der Waals surface area contributed by atoms with Crippen LogP contribution in [0.3, 0.4) is 0 Å². The molecule has 1 aliphatic rings. The Hall–Kier alpha value is 0.420. The minimum absolute atomic E-state index is 0. The number of carbonyl (C=O) groups excluding carboxylic acids is 1. The molecule has 0 bridgehead atoms. The molecule has 1 saturated heterocycles. The second kappa shape index (κ2) is 8.56. The highest BCUT2D eigenvalue weighted by atomic mass is 35.5. The van der Waals surface area contributed by atoms with Gasteiger partial charge < -0.3 is 10.6 Å².